The first-order chi connectivity index (χ1) is 14.5. The second-order valence-electron chi connectivity index (χ2n) is 6.96. The fraction of sp³-hybridized carbons (Fsp3) is 0.174. The first-order valence-electron chi connectivity index (χ1n) is 9.51. The summed E-state index contributed by atoms with van der Waals surface area (Å²) in [5.41, 5.74) is 1.86. The van der Waals surface area contributed by atoms with E-state index in [9.17, 15) is 14.4 Å². The molecule has 3 aromatic rings. The van der Waals surface area contributed by atoms with Crippen molar-refractivity contribution in [2.24, 2.45) is 0 Å². The van der Waals surface area contributed by atoms with Crippen LogP contribution >= 0.6 is 11.8 Å². The summed E-state index contributed by atoms with van der Waals surface area (Å²) in [5.74, 6) is 0.245. The molecule has 30 heavy (non-hydrogen) atoms. The average Bonchev–Trinajstić information content (AvgIpc) is 3.23. The van der Waals surface area contributed by atoms with Crippen LogP contribution in [-0.4, -0.2) is 24.1 Å². The topological polar surface area (TPSA) is 79.6 Å². The molecule has 1 aromatic heterocycles. The van der Waals surface area contributed by atoms with E-state index in [-0.39, 0.29) is 35.8 Å². The Morgan fingerprint density at radius 2 is 1.87 bits per heavy atom. The van der Waals surface area contributed by atoms with E-state index in [0.29, 0.717) is 16.9 Å². The molecule has 1 N–H and O–H groups in total. The summed E-state index contributed by atoms with van der Waals surface area (Å²) in [4.78, 5) is 39.6. The fourth-order valence-electron chi connectivity index (χ4n) is 3.32. The molecule has 7 heteroatoms. The molecule has 1 aliphatic heterocycles. The molecule has 0 unspecified atom stereocenters. The number of Topliss-reactive ketones (excluding diaryl/α,β-unsaturated/α-hetero) is 1. The molecule has 0 radical (unpaired) electrons. The number of furan rings is 1. The van der Waals surface area contributed by atoms with Gasteiger partial charge < -0.3 is 14.6 Å². The summed E-state index contributed by atoms with van der Waals surface area (Å²) in [6.45, 7) is 1.39. The maximum Gasteiger partial charge on any atom is 0.244 e. The summed E-state index contributed by atoms with van der Waals surface area (Å²) in [5, 5.41) is 2.64. The second kappa shape index (κ2) is 8.59. The first-order valence-corrected chi connectivity index (χ1v) is 10.4. The third-order valence-corrected chi connectivity index (χ3v) is 6.11. The number of hydrogen-bond acceptors (Lipinski definition) is 5. The fourth-order valence-corrected chi connectivity index (χ4v) is 4.56. The van der Waals surface area contributed by atoms with Crippen LogP contribution in [0.1, 0.15) is 34.7 Å². The van der Waals surface area contributed by atoms with Crippen LogP contribution in [0.15, 0.2) is 76.2 Å². The maximum absolute atomic E-state index is 13.0. The number of carbonyl (C=O) groups is 3. The zero-order chi connectivity index (χ0) is 21.1. The van der Waals surface area contributed by atoms with Crippen LogP contribution in [0.4, 0.5) is 11.4 Å². The Morgan fingerprint density at radius 3 is 2.57 bits per heavy atom. The molecule has 2 heterocycles. The smallest absolute Gasteiger partial charge is 0.244 e. The molecule has 1 atom stereocenters. The summed E-state index contributed by atoms with van der Waals surface area (Å²) < 4.78 is 5.52. The van der Waals surface area contributed by atoms with Gasteiger partial charge in [-0.05, 0) is 55.5 Å². The van der Waals surface area contributed by atoms with Crippen molar-refractivity contribution in [3.05, 3.63) is 78.3 Å². The zero-order valence-corrected chi connectivity index (χ0v) is 17.1. The molecule has 0 saturated carbocycles. The van der Waals surface area contributed by atoms with E-state index in [1.165, 1.54) is 11.8 Å². The van der Waals surface area contributed by atoms with Gasteiger partial charge in [0.05, 0.1) is 17.2 Å². The lowest BCUT2D eigenvalue weighted by atomic mass is 10.1. The Balaban J connectivity index is 1.53. The van der Waals surface area contributed by atoms with Crippen LogP contribution in [0.2, 0.25) is 0 Å². The Hall–Kier alpha value is -3.32. The maximum atomic E-state index is 13.0. The van der Waals surface area contributed by atoms with Gasteiger partial charge in [0.15, 0.2) is 5.78 Å². The molecule has 0 spiro atoms. The molecular formula is C23H20N2O4S. The highest BCUT2D eigenvalue weighted by molar-refractivity contribution is 7.99. The van der Waals surface area contributed by atoms with E-state index in [1.807, 2.05) is 30.3 Å². The van der Waals surface area contributed by atoms with Gasteiger partial charge in [0, 0.05) is 22.6 Å². The van der Waals surface area contributed by atoms with Crippen LogP contribution in [0.3, 0.4) is 0 Å². The van der Waals surface area contributed by atoms with Crippen LogP contribution in [0.25, 0.3) is 0 Å². The summed E-state index contributed by atoms with van der Waals surface area (Å²) in [7, 11) is 0. The van der Waals surface area contributed by atoms with Crippen molar-refractivity contribution < 1.29 is 18.8 Å². The van der Waals surface area contributed by atoms with Gasteiger partial charge in [0.25, 0.3) is 0 Å². The van der Waals surface area contributed by atoms with Crippen molar-refractivity contribution in [3.8, 4) is 0 Å². The average molecular weight is 420 g/mol. The number of thioether (sulfide) groups is 1. The zero-order valence-electron chi connectivity index (χ0n) is 16.3. The lowest BCUT2D eigenvalue weighted by Crippen LogP contribution is -2.38. The van der Waals surface area contributed by atoms with Gasteiger partial charge in [-0.2, -0.15) is 0 Å². The molecule has 0 aliphatic carbocycles. The van der Waals surface area contributed by atoms with E-state index >= 15 is 0 Å². The Labute approximate surface area is 178 Å². The lowest BCUT2D eigenvalue weighted by Gasteiger charge is -2.22. The normalized spacial score (nSPS) is 16.0. The molecule has 152 valence electrons. The standard InChI is InChI=1S/C23H20N2O4S/c1-15(26)16-8-10-17(11-9-16)24-22(27)14-25-18-5-2-3-7-20(18)30-21(13-23(25)28)19-6-4-12-29-19/h2-12,21H,13-14H2,1H3,(H,24,27)/t21-/m0/s1. The SMILES string of the molecule is CC(=O)c1ccc(NC(=O)CN2C(=O)C[C@@H](c3ccco3)Sc3ccccc32)cc1. The first kappa shape index (κ1) is 20.0. The number of benzene rings is 2. The van der Waals surface area contributed by atoms with Crippen molar-refractivity contribution >= 4 is 40.7 Å². The van der Waals surface area contributed by atoms with E-state index < -0.39 is 0 Å². The Morgan fingerprint density at radius 1 is 1.10 bits per heavy atom. The molecular weight excluding hydrogens is 400 g/mol. The van der Waals surface area contributed by atoms with E-state index in [4.69, 9.17) is 4.42 Å². The number of carbonyl (C=O) groups excluding carboxylic acids is 3. The summed E-state index contributed by atoms with van der Waals surface area (Å²) in [6.07, 6.45) is 1.83. The van der Waals surface area contributed by atoms with Crippen molar-refractivity contribution in [1.82, 2.24) is 0 Å². The third-order valence-electron chi connectivity index (χ3n) is 4.82. The molecule has 0 bridgehead atoms. The lowest BCUT2D eigenvalue weighted by molar-refractivity contribution is -0.121. The number of nitrogens with zero attached hydrogens (tertiary/aromatic N) is 1. The number of para-hydroxylation sites is 1. The number of rotatable bonds is 5. The minimum absolute atomic E-state index is 0.0386. The number of hydrogen-bond donors (Lipinski definition) is 1. The predicted molar refractivity (Wildman–Crippen MR) is 116 cm³/mol. The van der Waals surface area contributed by atoms with Gasteiger partial charge in [-0.3, -0.25) is 14.4 Å². The molecule has 6 nitrogen and oxygen atoms in total. The van der Waals surface area contributed by atoms with Crippen molar-refractivity contribution in [2.45, 2.75) is 23.5 Å². The molecule has 4 rings (SSSR count). The molecule has 2 amide bonds. The summed E-state index contributed by atoms with van der Waals surface area (Å²) in [6, 6.07) is 17.9. The van der Waals surface area contributed by atoms with Crippen LogP contribution in [-0.2, 0) is 9.59 Å². The Bertz CT molecular complexity index is 1080. The highest BCUT2D eigenvalue weighted by Gasteiger charge is 2.31. The van der Waals surface area contributed by atoms with Crippen LogP contribution in [0.5, 0.6) is 0 Å². The number of nitrogens with one attached hydrogen (secondary N) is 1. The van der Waals surface area contributed by atoms with Gasteiger partial charge >= 0.3 is 0 Å². The van der Waals surface area contributed by atoms with Crippen molar-refractivity contribution in [2.75, 3.05) is 16.8 Å². The van der Waals surface area contributed by atoms with Gasteiger partial charge in [-0.1, -0.05) is 12.1 Å². The van der Waals surface area contributed by atoms with Crippen molar-refractivity contribution in [3.63, 3.8) is 0 Å². The monoisotopic (exact) mass is 420 g/mol. The van der Waals surface area contributed by atoms with Crippen LogP contribution < -0.4 is 10.2 Å². The Kier molecular flexibility index (Phi) is 5.72. The predicted octanol–water partition coefficient (Wildman–Crippen LogP) is 4.69. The number of ketones is 1. The minimum atomic E-state index is -0.310. The molecule has 0 saturated heterocycles. The van der Waals surface area contributed by atoms with E-state index in [0.717, 1.165) is 10.7 Å². The number of amides is 2. The highest BCUT2D eigenvalue weighted by atomic mass is 32.2. The second-order valence-corrected chi connectivity index (χ2v) is 8.20. The van der Waals surface area contributed by atoms with E-state index in [2.05, 4.69) is 5.32 Å². The minimum Gasteiger partial charge on any atom is -0.468 e. The van der Waals surface area contributed by atoms with Gasteiger partial charge in [-0.15, -0.1) is 11.8 Å². The highest BCUT2D eigenvalue weighted by Crippen LogP contribution is 2.45. The van der Waals surface area contributed by atoms with Gasteiger partial charge in [0.1, 0.15) is 12.3 Å². The third kappa shape index (κ3) is 4.31. The quantitative estimate of drug-likeness (QED) is 0.606. The van der Waals surface area contributed by atoms with Crippen molar-refractivity contribution in [1.29, 1.82) is 0 Å². The van der Waals surface area contributed by atoms with E-state index in [1.54, 1.807) is 48.4 Å². The number of fused-ring (bicyclic) bond motifs is 1. The number of anilines is 2. The largest absolute Gasteiger partial charge is 0.468 e. The van der Waals surface area contributed by atoms with Gasteiger partial charge in [-0.25, -0.2) is 0 Å². The summed E-state index contributed by atoms with van der Waals surface area (Å²) >= 11 is 1.56. The molecule has 1 aliphatic rings. The van der Waals surface area contributed by atoms with Crippen LogP contribution in [0, 0.1) is 0 Å². The molecule has 0 fully saturated rings. The molecule has 2 aromatic carbocycles. The van der Waals surface area contributed by atoms with Gasteiger partial charge in [0.2, 0.25) is 11.8 Å².